The largest absolute Gasteiger partial charge is 0.416 e. The molecule has 2 saturated heterocycles. The Morgan fingerprint density at radius 1 is 0.980 bits per heavy atom. The summed E-state index contributed by atoms with van der Waals surface area (Å²) in [6.07, 6.45) is -2.39. The van der Waals surface area contributed by atoms with Gasteiger partial charge >= 0.3 is 6.18 Å². The van der Waals surface area contributed by atoms with E-state index in [1.165, 1.54) is 22.9 Å². The average Bonchev–Trinajstić information content (AvgIpc) is 3.80. The molecule has 1 amide bonds. The first-order chi connectivity index (χ1) is 24.1. The average molecular weight is 788 g/mol. The Balaban J connectivity index is 1.43. The van der Waals surface area contributed by atoms with Gasteiger partial charge in [0.1, 0.15) is 0 Å². The number of halogens is 7. The van der Waals surface area contributed by atoms with Crippen LogP contribution in [0, 0.1) is 11.8 Å². The number of nitrogens with zero attached hydrogens (tertiary/aromatic N) is 4. The predicted molar refractivity (Wildman–Crippen MR) is 184 cm³/mol. The molecular formula is C33H29Cl2F5N6O3S2. The Morgan fingerprint density at radius 3 is 2.35 bits per heavy atom. The Hall–Kier alpha value is -3.56. The predicted octanol–water partition coefficient (Wildman–Crippen LogP) is 7.13. The number of nitrogens with one attached hydrogen (secondary N) is 2. The van der Waals surface area contributed by atoms with Crippen molar-refractivity contribution in [2.75, 3.05) is 26.2 Å². The lowest BCUT2D eigenvalue weighted by Crippen LogP contribution is -2.45. The van der Waals surface area contributed by atoms with E-state index in [9.17, 15) is 35.2 Å². The van der Waals surface area contributed by atoms with E-state index in [1.807, 2.05) is 0 Å². The van der Waals surface area contributed by atoms with Gasteiger partial charge in [0.05, 0.1) is 38.3 Å². The van der Waals surface area contributed by atoms with Gasteiger partial charge in [0.15, 0.2) is 5.69 Å². The van der Waals surface area contributed by atoms with Gasteiger partial charge in [0, 0.05) is 48.7 Å². The van der Waals surface area contributed by atoms with E-state index >= 15 is 0 Å². The lowest BCUT2D eigenvalue weighted by molar-refractivity contribution is -0.137. The molecule has 2 aliphatic heterocycles. The van der Waals surface area contributed by atoms with E-state index in [4.69, 9.17) is 23.2 Å². The number of benzene rings is 2. The number of hydrazine groups is 1. The number of carbonyl (C=O) groups excluding carboxylic acids is 1. The molecule has 0 unspecified atom stereocenters. The highest BCUT2D eigenvalue weighted by atomic mass is 35.5. The third kappa shape index (κ3) is 8.74. The maximum absolute atomic E-state index is 14.0. The van der Waals surface area contributed by atoms with Crippen LogP contribution in [0.5, 0.6) is 0 Å². The molecule has 0 spiro atoms. The van der Waals surface area contributed by atoms with Crippen molar-refractivity contribution in [3.05, 3.63) is 91.9 Å². The minimum Gasteiger partial charge on any atom is -0.283 e. The zero-order chi connectivity index (χ0) is 36.6. The van der Waals surface area contributed by atoms with Crippen LogP contribution in [-0.2, 0) is 22.9 Å². The standard InChI is InChI=1S/C33H29Cl2F5N6O3S2/c34-23-9-12-27(26(35)18-23)46-30(28-13-11-24(50-28)10-6-21-4-7-22(8-5-21)33(38,39)40)25(19-41-51(48,49)45-17-14-32(36,37)20-45)29(42-46)31(47)43-44-15-2-1-3-16-44/h4-5,7-9,11-13,18,41H,1-3,14-17,19-20H2,(H,43,47). The van der Waals surface area contributed by atoms with Gasteiger partial charge in [0.2, 0.25) is 0 Å². The summed E-state index contributed by atoms with van der Waals surface area (Å²) >= 11 is 13.9. The van der Waals surface area contributed by atoms with Gasteiger partial charge in [-0.2, -0.15) is 35.7 Å². The quantitative estimate of drug-likeness (QED) is 0.146. The topological polar surface area (TPSA) is 99.6 Å². The molecule has 2 fully saturated rings. The van der Waals surface area contributed by atoms with Crippen LogP contribution in [0.2, 0.25) is 10.0 Å². The number of rotatable bonds is 8. The van der Waals surface area contributed by atoms with Crippen LogP contribution >= 0.6 is 34.5 Å². The molecule has 51 heavy (non-hydrogen) atoms. The van der Waals surface area contributed by atoms with Crippen molar-refractivity contribution in [1.29, 1.82) is 0 Å². The summed E-state index contributed by atoms with van der Waals surface area (Å²) in [7, 11) is -4.42. The molecule has 0 radical (unpaired) electrons. The summed E-state index contributed by atoms with van der Waals surface area (Å²) in [4.78, 5) is 14.8. The van der Waals surface area contributed by atoms with Gasteiger partial charge in [-0.1, -0.05) is 41.5 Å². The number of piperidine rings is 1. The maximum atomic E-state index is 14.0. The molecule has 0 bridgehead atoms. The van der Waals surface area contributed by atoms with E-state index in [1.54, 1.807) is 29.3 Å². The molecule has 4 heterocycles. The van der Waals surface area contributed by atoms with E-state index < -0.39 is 53.3 Å². The fraction of sp³-hybridized carbons (Fsp3) is 0.333. The monoisotopic (exact) mass is 786 g/mol. The van der Waals surface area contributed by atoms with Crippen molar-refractivity contribution in [2.45, 2.75) is 44.3 Å². The van der Waals surface area contributed by atoms with Crippen molar-refractivity contribution in [2.24, 2.45) is 0 Å². The van der Waals surface area contributed by atoms with Crippen LogP contribution in [-0.4, -0.2) is 65.5 Å². The van der Waals surface area contributed by atoms with Gasteiger partial charge in [0.25, 0.3) is 22.0 Å². The lowest BCUT2D eigenvalue weighted by atomic mass is 10.1. The summed E-state index contributed by atoms with van der Waals surface area (Å²) in [6.45, 7) is -0.678. The Kier molecular flexibility index (Phi) is 10.8. The van der Waals surface area contributed by atoms with Crippen molar-refractivity contribution in [3.8, 4) is 28.1 Å². The fourth-order valence-electron chi connectivity index (χ4n) is 5.66. The lowest BCUT2D eigenvalue weighted by Gasteiger charge is -2.26. The van der Waals surface area contributed by atoms with E-state index in [2.05, 4.69) is 27.1 Å². The molecular weight excluding hydrogens is 758 g/mol. The van der Waals surface area contributed by atoms with Crippen LogP contribution < -0.4 is 10.1 Å². The molecule has 9 nitrogen and oxygen atoms in total. The highest BCUT2D eigenvalue weighted by Crippen LogP contribution is 2.37. The molecule has 2 N–H and O–H groups in total. The highest BCUT2D eigenvalue weighted by Gasteiger charge is 2.43. The zero-order valence-electron chi connectivity index (χ0n) is 26.5. The third-order valence-corrected chi connectivity index (χ3v) is 11.3. The van der Waals surface area contributed by atoms with Gasteiger partial charge in [-0.15, -0.1) is 11.3 Å². The van der Waals surface area contributed by atoms with Crippen LogP contribution in [0.3, 0.4) is 0 Å². The minimum absolute atomic E-state index is 0.133. The molecule has 0 atom stereocenters. The molecule has 6 rings (SSSR count). The fourth-order valence-corrected chi connectivity index (χ4v) is 8.26. The number of alkyl halides is 5. The Morgan fingerprint density at radius 2 is 1.71 bits per heavy atom. The number of amides is 1. The van der Waals surface area contributed by atoms with E-state index in [0.717, 1.165) is 42.7 Å². The van der Waals surface area contributed by atoms with Crippen LogP contribution in [0.25, 0.3) is 16.3 Å². The molecule has 270 valence electrons. The number of aromatic nitrogens is 2. The minimum atomic E-state index is -4.49. The number of hydrogen-bond donors (Lipinski definition) is 2. The summed E-state index contributed by atoms with van der Waals surface area (Å²) in [5.74, 6) is 1.97. The first-order valence-corrected chi connectivity index (χ1v) is 18.7. The van der Waals surface area contributed by atoms with E-state index in [0.29, 0.717) is 43.4 Å². The molecule has 0 saturated carbocycles. The third-order valence-electron chi connectivity index (χ3n) is 8.24. The Bertz CT molecular complexity index is 2100. The number of hydrogen-bond acceptors (Lipinski definition) is 6. The second kappa shape index (κ2) is 14.8. The molecule has 4 aromatic rings. The van der Waals surface area contributed by atoms with Crippen LogP contribution in [0.15, 0.2) is 54.6 Å². The molecule has 0 aliphatic carbocycles. The number of thiophene rings is 1. The SMILES string of the molecule is O=C(NN1CCCCC1)c1nn(-c2ccc(Cl)cc2Cl)c(-c2ccc(C#Cc3ccc(C(F)(F)F)cc3)s2)c1CNS(=O)(=O)N1CCC(F)(F)C1. The molecule has 2 aromatic carbocycles. The van der Waals surface area contributed by atoms with Gasteiger partial charge < -0.3 is 0 Å². The smallest absolute Gasteiger partial charge is 0.283 e. The summed E-state index contributed by atoms with van der Waals surface area (Å²) in [5, 5.41) is 6.87. The normalized spacial score (nSPS) is 16.9. The second-order valence-corrected chi connectivity index (χ2v) is 15.6. The Labute approximate surface area is 304 Å². The van der Waals surface area contributed by atoms with Gasteiger partial charge in [-0.05, 0) is 67.4 Å². The van der Waals surface area contributed by atoms with Crippen molar-refractivity contribution >= 4 is 50.7 Å². The van der Waals surface area contributed by atoms with Crippen molar-refractivity contribution in [3.63, 3.8) is 0 Å². The summed E-state index contributed by atoms with van der Waals surface area (Å²) in [6, 6.07) is 12.3. The summed E-state index contributed by atoms with van der Waals surface area (Å²) in [5.41, 5.74) is 2.96. The van der Waals surface area contributed by atoms with Crippen LogP contribution in [0.1, 0.15) is 57.7 Å². The molecule has 2 aromatic heterocycles. The second-order valence-electron chi connectivity index (χ2n) is 11.9. The van der Waals surface area contributed by atoms with E-state index in [-0.39, 0.29) is 28.5 Å². The zero-order valence-corrected chi connectivity index (χ0v) is 29.7. The molecule has 2 aliphatic rings. The van der Waals surface area contributed by atoms with Gasteiger partial charge in [-0.3, -0.25) is 10.2 Å². The molecule has 18 heteroatoms. The highest BCUT2D eigenvalue weighted by molar-refractivity contribution is 7.87. The summed E-state index contributed by atoms with van der Waals surface area (Å²) < 4.78 is 97.9. The van der Waals surface area contributed by atoms with Crippen LogP contribution in [0.4, 0.5) is 22.0 Å². The first-order valence-electron chi connectivity index (χ1n) is 15.6. The van der Waals surface area contributed by atoms with Crippen molar-refractivity contribution in [1.82, 2.24) is 29.2 Å². The first kappa shape index (κ1) is 37.2. The number of carbonyl (C=O) groups is 1. The van der Waals surface area contributed by atoms with Crippen molar-refractivity contribution < 1.29 is 35.2 Å². The van der Waals surface area contributed by atoms with Gasteiger partial charge in [-0.25, -0.2) is 18.5 Å². The maximum Gasteiger partial charge on any atom is 0.416 e.